The lowest BCUT2D eigenvalue weighted by Gasteiger charge is -2.05. The number of esters is 1. The fraction of sp³-hybridized carbons (Fsp3) is 0.750. The Bertz CT molecular complexity index is 187. The second-order valence-electron chi connectivity index (χ2n) is 2.88. The van der Waals surface area contributed by atoms with Gasteiger partial charge in [0.05, 0.1) is 6.61 Å². The van der Waals surface area contributed by atoms with E-state index in [1.54, 1.807) is 6.92 Å². The average molecular weight is 170 g/mol. The highest BCUT2D eigenvalue weighted by Crippen LogP contribution is 2.18. The standard InChI is InChI=1S/C8H14N2O2/c1-2-12-8(11)5-7(9)10-6-3-4-6/h6H,2-5H2,1H3,(H2,9,10). The number of hydrogen-bond donors (Lipinski definition) is 2. The maximum atomic E-state index is 10.9. The zero-order valence-corrected chi connectivity index (χ0v) is 7.22. The summed E-state index contributed by atoms with van der Waals surface area (Å²) < 4.78 is 4.69. The van der Waals surface area contributed by atoms with Crippen molar-refractivity contribution < 1.29 is 9.53 Å². The molecule has 12 heavy (non-hydrogen) atoms. The van der Waals surface area contributed by atoms with Crippen molar-refractivity contribution in [2.45, 2.75) is 32.2 Å². The molecule has 0 amide bonds. The first-order valence-corrected chi connectivity index (χ1v) is 4.22. The van der Waals surface area contributed by atoms with E-state index in [9.17, 15) is 4.79 Å². The van der Waals surface area contributed by atoms with Crippen LogP contribution in [-0.4, -0.2) is 24.5 Å². The number of amidine groups is 1. The Balaban J connectivity index is 2.11. The first-order chi connectivity index (χ1) is 5.72. The lowest BCUT2D eigenvalue weighted by molar-refractivity contribution is -0.141. The molecule has 1 saturated carbocycles. The molecule has 1 fully saturated rings. The molecule has 0 radical (unpaired) electrons. The topological polar surface area (TPSA) is 62.2 Å². The minimum atomic E-state index is -0.323. The van der Waals surface area contributed by atoms with E-state index in [1.807, 2.05) is 0 Å². The Kier molecular flexibility index (Phi) is 3.08. The number of rotatable bonds is 4. The molecule has 0 bridgehead atoms. The van der Waals surface area contributed by atoms with Crippen LogP contribution in [0.4, 0.5) is 0 Å². The summed E-state index contributed by atoms with van der Waals surface area (Å²) in [5.74, 6) is -0.0494. The van der Waals surface area contributed by atoms with Crippen molar-refractivity contribution in [1.82, 2.24) is 5.32 Å². The van der Waals surface area contributed by atoms with Crippen LogP contribution in [0.2, 0.25) is 0 Å². The SMILES string of the molecule is CCOC(=O)CC(=N)NC1CC1. The van der Waals surface area contributed by atoms with Crippen molar-refractivity contribution in [1.29, 1.82) is 5.41 Å². The quantitative estimate of drug-likeness (QED) is 0.370. The van der Waals surface area contributed by atoms with Crippen LogP contribution in [0.3, 0.4) is 0 Å². The van der Waals surface area contributed by atoms with E-state index in [2.05, 4.69) is 5.32 Å². The van der Waals surface area contributed by atoms with Crippen LogP contribution in [0.5, 0.6) is 0 Å². The third-order valence-electron chi connectivity index (χ3n) is 1.58. The van der Waals surface area contributed by atoms with Crippen LogP contribution in [0.1, 0.15) is 26.2 Å². The van der Waals surface area contributed by atoms with E-state index in [1.165, 1.54) is 0 Å². The Morgan fingerprint density at radius 3 is 2.83 bits per heavy atom. The van der Waals surface area contributed by atoms with Crippen molar-refractivity contribution in [2.75, 3.05) is 6.61 Å². The van der Waals surface area contributed by atoms with Gasteiger partial charge in [-0.15, -0.1) is 0 Å². The summed E-state index contributed by atoms with van der Waals surface area (Å²) in [6, 6.07) is 0.437. The van der Waals surface area contributed by atoms with Crippen LogP contribution in [0.25, 0.3) is 0 Å². The first-order valence-electron chi connectivity index (χ1n) is 4.22. The highest BCUT2D eigenvalue weighted by atomic mass is 16.5. The van der Waals surface area contributed by atoms with Gasteiger partial charge in [0.2, 0.25) is 0 Å². The Morgan fingerprint density at radius 1 is 1.67 bits per heavy atom. The van der Waals surface area contributed by atoms with Gasteiger partial charge in [-0.1, -0.05) is 0 Å². The van der Waals surface area contributed by atoms with Gasteiger partial charge in [0.1, 0.15) is 12.3 Å². The summed E-state index contributed by atoms with van der Waals surface area (Å²) >= 11 is 0. The molecule has 0 atom stereocenters. The molecule has 0 aromatic carbocycles. The third kappa shape index (κ3) is 3.37. The van der Waals surface area contributed by atoms with E-state index in [0.717, 1.165) is 12.8 Å². The molecular weight excluding hydrogens is 156 g/mol. The van der Waals surface area contributed by atoms with Crippen molar-refractivity contribution in [2.24, 2.45) is 0 Å². The van der Waals surface area contributed by atoms with Gasteiger partial charge in [0.25, 0.3) is 0 Å². The summed E-state index contributed by atoms with van der Waals surface area (Å²) in [7, 11) is 0. The van der Waals surface area contributed by atoms with Gasteiger partial charge in [0, 0.05) is 6.04 Å². The van der Waals surface area contributed by atoms with Crippen molar-refractivity contribution >= 4 is 11.8 Å². The van der Waals surface area contributed by atoms with Gasteiger partial charge in [0.15, 0.2) is 0 Å². The second-order valence-corrected chi connectivity index (χ2v) is 2.88. The third-order valence-corrected chi connectivity index (χ3v) is 1.58. The highest BCUT2D eigenvalue weighted by Gasteiger charge is 2.22. The lowest BCUT2D eigenvalue weighted by Crippen LogP contribution is -2.27. The zero-order chi connectivity index (χ0) is 8.97. The molecule has 4 heteroatoms. The Morgan fingerprint density at radius 2 is 2.33 bits per heavy atom. The van der Waals surface area contributed by atoms with E-state index in [0.29, 0.717) is 12.6 Å². The van der Waals surface area contributed by atoms with Gasteiger partial charge in [-0.05, 0) is 19.8 Å². The maximum absolute atomic E-state index is 10.9. The van der Waals surface area contributed by atoms with Gasteiger partial charge in [-0.2, -0.15) is 0 Å². The molecule has 0 heterocycles. The van der Waals surface area contributed by atoms with Crippen molar-refractivity contribution in [3.63, 3.8) is 0 Å². The molecule has 1 aliphatic carbocycles. The number of carbonyl (C=O) groups excluding carboxylic acids is 1. The summed E-state index contributed by atoms with van der Waals surface area (Å²) in [6.45, 7) is 2.14. The van der Waals surface area contributed by atoms with Crippen molar-refractivity contribution in [3.05, 3.63) is 0 Å². The molecule has 0 unspecified atom stereocenters. The predicted molar refractivity (Wildman–Crippen MR) is 45.1 cm³/mol. The normalized spacial score (nSPS) is 15.4. The molecule has 1 rings (SSSR count). The number of ether oxygens (including phenoxy) is 1. The van der Waals surface area contributed by atoms with Crippen LogP contribution in [-0.2, 0) is 9.53 Å². The van der Waals surface area contributed by atoms with E-state index in [4.69, 9.17) is 10.1 Å². The van der Waals surface area contributed by atoms with Crippen LogP contribution >= 0.6 is 0 Å². The molecule has 2 N–H and O–H groups in total. The Labute approximate surface area is 71.8 Å². The highest BCUT2D eigenvalue weighted by molar-refractivity contribution is 5.96. The fourth-order valence-corrected chi connectivity index (χ4v) is 0.881. The molecule has 0 aromatic heterocycles. The number of carbonyl (C=O) groups is 1. The molecule has 0 spiro atoms. The number of hydrogen-bond acceptors (Lipinski definition) is 3. The van der Waals surface area contributed by atoms with Crippen LogP contribution < -0.4 is 5.32 Å². The first kappa shape index (κ1) is 9.03. The Hall–Kier alpha value is -1.06. The molecule has 0 aliphatic heterocycles. The van der Waals surface area contributed by atoms with E-state index in [-0.39, 0.29) is 18.2 Å². The molecular formula is C8H14N2O2. The van der Waals surface area contributed by atoms with E-state index >= 15 is 0 Å². The maximum Gasteiger partial charge on any atom is 0.313 e. The van der Waals surface area contributed by atoms with E-state index < -0.39 is 0 Å². The minimum absolute atomic E-state index is 0.0737. The van der Waals surface area contributed by atoms with Crippen molar-refractivity contribution in [3.8, 4) is 0 Å². The van der Waals surface area contributed by atoms with Gasteiger partial charge in [-0.3, -0.25) is 10.2 Å². The smallest absolute Gasteiger partial charge is 0.313 e. The molecule has 0 saturated heterocycles. The monoisotopic (exact) mass is 170 g/mol. The molecule has 68 valence electrons. The molecule has 1 aliphatic rings. The number of nitrogens with one attached hydrogen (secondary N) is 2. The zero-order valence-electron chi connectivity index (χ0n) is 7.22. The summed E-state index contributed by atoms with van der Waals surface area (Å²) in [5.41, 5.74) is 0. The van der Waals surface area contributed by atoms with Crippen LogP contribution in [0, 0.1) is 5.41 Å². The largest absolute Gasteiger partial charge is 0.466 e. The average Bonchev–Trinajstić information content (AvgIpc) is 2.71. The van der Waals surface area contributed by atoms with Gasteiger partial charge in [-0.25, -0.2) is 0 Å². The van der Waals surface area contributed by atoms with Crippen LogP contribution in [0.15, 0.2) is 0 Å². The summed E-state index contributed by atoms with van der Waals surface area (Å²) in [5, 5.41) is 10.3. The van der Waals surface area contributed by atoms with Gasteiger partial charge >= 0.3 is 5.97 Å². The fourth-order valence-electron chi connectivity index (χ4n) is 0.881. The predicted octanol–water partition coefficient (Wildman–Crippen LogP) is 0.669. The van der Waals surface area contributed by atoms with Gasteiger partial charge < -0.3 is 10.1 Å². The summed E-state index contributed by atoms with van der Waals surface area (Å²) in [6.07, 6.45) is 2.31. The second kappa shape index (κ2) is 4.09. The minimum Gasteiger partial charge on any atom is -0.466 e. The lowest BCUT2D eigenvalue weighted by atomic mass is 10.4. The molecule has 0 aromatic rings. The molecule has 4 nitrogen and oxygen atoms in total. The summed E-state index contributed by atoms with van der Waals surface area (Å²) in [4.78, 5) is 10.9.